The third kappa shape index (κ3) is 3.47. The van der Waals surface area contributed by atoms with Crippen LogP contribution < -0.4 is 4.74 Å². The van der Waals surface area contributed by atoms with Gasteiger partial charge in [0.1, 0.15) is 12.4 Å². The number of carboxylic acids is 1. The molecule has 0 radical (unpaired) electrons. The molecule has 1 atom stereocenters. The van der Waals surface area contributed by atoms with Crippen LogP contribution in [0.25, 0.3) is 0 Å². The van der Waals surface area contributed by atoms with Crippen molar-refractivity contribution in [3.8, 4) is 5.75 Å². The van der Waals surface area contributed by atoms with E-state index in [1.807, 2.05) is 0 Å². The van der Waals surface area contributed by atoms with E-state index >= 15 is 0 Å². The van der Waals surface area contributed by atoms with E-state index < -0.39 is 5.97 Å². The van der Waals surface area contributed by atoms with Crippen LogP contribution in [0.3, 0.4) is 0 Å². The lowest BCUT2D eigenvalue weighted by Gasteiger charge is -2.15. The van der Waals surface area contributed by atoms with Crippen LogP contribution in [-0.4, -0.2) is 42.2 Å². The number of benzene rings is 1. The molecule has 0 aromatic heterocycles. The number of aromatic carboxylic acids is 1. The summed E-state index contributed by atoms with van der Waals surface area (Å²) < 4.78 is 5.59. The first kappa shape index (κ1) is 12.9. The summed E-state index contributed by atoms with van der Waals surface area (Å²) in [5, 5.41) is 8.87. The molecule has 4 nitrogen and oxygen atoms in total. The fourth-order valence-electron chi connectivity index (χ4n) is 2.24. The van der Waals surface area contributed by atoms with Crippen molar-refractivity contribution in [1.82, 2.24) is 4.90 Å². The lowest BCUT2D eigenvalue weighted by molar-refractivity contribution is 0.0696. The van der Waals surface area contributed by atoms with E-state index in [1.165, 1.54) is 6.42 Å². The molecule has 0 bridgehead atoms. The number of hydrogen-bond donors (Lipinski definition) is 1. The number of rotatable bonds is 5. The highest BCUT2D eigenvalue weighted by molar-refractivity contribution is 5.87. The number of hydrogen-bond acceptors (Lipinski definition) is 3. The summed E-state index contributed by atoms with van der Waals surface area (Å²) >= 11 is 0. The van der Waals surface area contributed by atoms with Gasteiger partial charge in [0.15, 0.2) is 0 Å². The van der Waals surface area contributed by atoms with Gasteiger partial charge in [-0.1, -0.05) is 13.0 Å². The molecule has 0 spiro atoms. The van der Waals surface area contributed by atoms with Gasteiger partial charge in [0.2, 0.25) is 0 Å². The highest BCUT2D eigenvalue weighted by atomic mass is 16.5. The van der Waals surface area contributed by atoms with Crippen LogP contribution in [0.4, 0.5) is 0 Å². The van der Waals surface area contributed by atoms with Gasteiger partial charge in [-0.2, -0.15) is 0 Å². The number of ether oxygens (including phenoxy) is 1. The summed E-state index contributed by atoms with van der Waals surface area (Å²) in [6, 6.07) is 6.63. The lowest BCUT2D eigenvalue weighted by atomic mass is 10.2. The molecule has 4 heteroatoms. The molecule has 1 aliphatic rings. The Balaban J connectivity index is 1.79. The predicted molar refractivity (Wildman–Crippen MR) is 69.1 cm³/mol. The average Bonchev–Trinajstić information content (AvgIpc) is 2.75. The van der Waals surface area contributed by atoms with Gasteiger partial charge in [-0.25, -0.2) is 4.79 Å². The average molecular weight is 249 g/mol. The summed E-state index contributed by atoms with van der Waals surface area (Å²) in [6.45, 7) is 6.05. The first-order valence-electron chi connectivity index (χ1n) is 6.33. The van der Waals surface area contributed by atoms with Gasteiger partial charge < -0.3 is 9.84 Å². The lowest BCUT2D eigenvalue weighted by Crippen LogP contribution is -2.25. The molecule has 98 valence electrons. The Kier molecular flexibility index (Phi) is 4.20. The van der Waals surface area contributed by atoms with Crippen LogP contribution in [0.1, 0.15) is 23.7 Å². The van der Waals surface area contributed by atoms with Gasteiger partial charge in [-0.3, -0.25) is 4.90 Å². The second kappa shape index (κ2) is 5.87. The van der Waals surface area contributed by atoms with E-state index in [-0.39, 0.29) is 5.56 Å². The van der Waals surface area contributed by atoms with Crippen LogP contribution in [-0.2, 0) is 0 Å². The molecule has 0 aliphatic carbocycles. The molecule has 1 fully saturated rings. The molecular weight excluding hydrogens is 230 g/mol. The maximum atomic E-state index is 10.8. The Hall–Kier alpha value is -1.55. The number of carbonyl (C=O) groups is 1. The zero-order chi connectivity index (χ0) is 13.0. The Morgan fingerprint density at radius 1 is 1.56 bits per heavy atom. The van der Waals surface area contributed by atoms with Crippen LogP contribution >= 0.6 is 0 Å². The minimum absolute atomic E-state index is 0.266. The third-order valence-electron chi connectivity index (χ3n) is 3.27. The van der Waals surface area contributed by atoms with E-state index in [0.717, 1.165) is 25.6 Å². The molecule has 0 amide bonds. The highest BCUT2D eigenvalue weighted by Gasteiger charge is 2.17. The Morgan fingerprint density at radius 3 is 3.06 bits per heavy atom. The molecule has 1 aliphatic heterocycles. The first-order chi connectivity index (χ1) is 8.65. The summed E-state index contributed by atoms with van der Waals surface area (Å²) in [5.74, 6) is 0.483. The second-order valence-electron chi connectivity index (χ2n) is 4.88. The van der Waals surface area contributed by atoms with Crippen molar-refractivity contribution in [1.29, 1.82) is 0 Å². The number of carboxylic acid groups (broad SMARTS) is 1. The monoisotopic (exact) mass is 249 g/mol. The van der Waals surface area contributed by atoms with Crippen LogP contribution in [0, 0.1) is 5.92 Å². The molecule has 1 heterocycles. The Bertz CT molecular complexity index is 419. The van der Waals surface area contributed by atoms with Crippen molar-refractivity contribution in [3.63, 3.8) is 0 Å². The molecule has 1 N–H and O–H groups in total. The molecule has 1 saturated heterocycles. The first-order valence-corrected chi connectivity index (χ1v) is 6.33. The SMILES string of the molecule is CC1CCN(CCOc2cccc(C(=O)O)c2)C1. The van der Waals surface area contributed by atoms with Crippen molar-refractivity contribution >= 4 is 5.97 Å². The van der Waals surface area contributed by atoms with Gasteiger partial charge >= 0.3 is 5.97 Å². The van der Waals surface area contributed by atoms with Crippen LogP contribution in [0.15, 0.2) is 24.3 Å². The zero-order valence-electron chi connectivity index (χ0n) is 10.6. The van der Waals surface area contributed by atoms with E-state index in [9.17, 15) is 4.79 Å². The minimum Gasteiger partial charge on any atom is -0.492 e. The molecule has 1 unspecified atom stereocenters. The molecule has 2 rings (SSSR count). The largest absolute Gasteiger partial charge is 0.492 e. The third-order valence-corrected chi connectivity index (χ3v) is 3.27. The van der Waals surface area contributed by atoms with Crippen LogP contribution in [0.2, 0.25) is 0 Å². The van der Waals surface area contributed by atoms with Gasteiger partial charge in [-0.05, 0) is 37.1 Å². The van der Waals surface area contributed by atoms with E-state index in [4.69, 9.17) is 9.84 Å². The topological polar surface area (TPSA) is 49.8 Å². The standard InChI is InChI=1S/C14H19NO3/c1-11-5-6-15(10-11)7-8-18-13-4-2-3-12(9-13)14(16)17/h2-4,9,11H,5-8,10H2,1H3,(H,16,17). The van der Waals surface area contributed by atoms with Gasteiger partial charge in [0.25, 0.3) is 0 Å². The smallest absolute Gasteiger partial charge is 0.335 e. The minimum atomic E-state index is -0.922. The van der Waals surface area contributed by atoms with E-state index in [1.54, 1.807) is 24.3 Å². The molecule has 1 aromatic rings. The van der Waals surface area contributed by atoms with Gasteiger partial charge in [0, 0.05) is 13.1 Å². The number of nitrogens with zero attached hydrogens (tertiary/aromatic N) is 1. The van der Waals surface area contributed by atoms with Crippen molar-refractivity contribution < 1.29 is 14.6 Å². The van der Waals surface area contributed by atoms with Crippen molar-refractivity contribution in [2.45, 2.75) is 13.3 Å². The fraction of sp³-hybridized carbons (Fsp3) is 0.500. The predicted octanol–water partition coefficient (Wildman–Crippen LogP) is 2.11. The Morgan fingerprint density at radius 2 is 2.39 bits per heavy atom. The summed E-state index contributed by atoms with van der Waals surface area (Å²) in [7, 11) is 0. The highest BCUT2D eigenvalue weighted by Crippen LogP contribution is 2.16. The summed E-state index contributed by atoms with van der Waals surface area (Å²) in [5.41, 5.74) is 0.266. The summed E-state index contributed by atoms with van der Waals surface area (Å²) in [6.07, 6.45) is 1.26. The van der Waals surface area contributed by atoms with Crippen molar-refractivity contribution in [2.24, 2.45) is 5.92 Å². The second-order valence-corrected chi connectivity index (χ2v) is 4.88. The normalized spacial score (nSPS) is 19.9. The Labute approximate surface area is 107 Å². The van der Waals surface area contributed by atoms with E-state index in [2.05, 4.69) is 11.8 Å². The zero-order valence-corrected chi connectivity index (χ0v) is 10.6. The molecule has 18 heavy (non-hydrogen) atoms. The van der Waals surface area contributed by atoms with Crippen LogP contribution in [0.5, 0.6) is 5.75 Å². The quantitative estimate of drug-likeness (QED) is 0.868. The van der Waals surface area contributed by atoms with Gasteiger partial charge in [-0.15, -0.1) is 0 Å². The molecule has 1 aromatic carbocycles. The van der Waals surface area contributed by atoms with Crippen molar-refractivity contribution in [3.05, 3.63) is 29.8 Å². The number of likely N-dealkylation sites (tertiary alicyclic amines) is 1. The summed E-state index contributed by atoms with van der Waals surface area (Å²) in [4.78, 5) is 13.2. The molecular formula is C14H19NO3. The fourth-order valence-corrected chi connectivity index (χ4v) is 2.24. The maximum absolute atomic E-state index is 10.8. The van der Waals surface area contributed by atoms with E-state index in [0.29, 0.717) is 12.4 Å². The van der Waals surface area contributed by atoms with Crippen molar-refractivity contribution in [2.75, 3.05) is 26.2 Å². The maximum Gasteiger partial charge on any atom is 0.335 e. The molecule has 0 saturated carbocycles. The van der Waals surface area contributed by atoms with Gasteiger partial charge in [0.05, 0.1) is 5.56 Å².